The van der Waals surface area contributed by atoms with Gasteiger partial charge in [0.15, 0.2) is 0 Å². The van der Waals surface area contributed by atoms with Gasteiger partial charge in [-0.05, 0) is 208 Å². The summed E-state index contributed by atoms with van der Waals surface area (Å²) in [5.74, 6) is 0. The zero-order valence-electron chi connectivity index (χ0n) is 78.0. The van der Waals surface area contributed by atoms with Crippen LogP contribution in [0, 0.1) is 6.92 Å². The van der Waals surface area contributed by atoms with Gasteiger partial charge in [-0.25, -0.2) is 0 Å². The minimum atomic E-state index is -0.263. The van der Waals surface area contributed by atoms with Gasteiger partial charge in [0.2, 0.25) is 0 Å². The first kappa shape index (κ1) is 89.2. The maximum absolute atomic E-state index is 7.78. The smallest absolute Gasteiger partial charge is 0.144 e. The summed E-state index contributed by atoms with van der Waals surface area (Å²) < 4.78 is 14.8. The average molecular weight is 1630 g/mol. The van der Waals surface area contributed by atoms with E-state index in [1.807, 2.05) is 0 Å². The Morgan fingerprint density at radius 3 is 1.08 bits per heavy atom. The van der Waals surface area contributed by atoms with Crippen molar-refractivity contribution in [1.82, 2.24) is 0 Å². The summed E-state index contributed by atoms with van der Waals surface area (Å²) in [5, 5.41) is 5.26. The molecule has 15 rings (SSSR count). The topological polar surface area (TPSA) is 29.5 Å². The number of aryl methyl sites for hydroxylation is 1. The second-order valence-corrected chi connectivity index (χ2v) is 39.4. The molecule has 2 aromatic heterocycles. The van der Waals surface area contributed by atoms with Gasteiger partial charge < -0.3 is 13.7 Å². The van der Waals surface area contributed by atoms with Crippen LogP contribution in [0.4, 0.5) is 17.1 Å². The van der Waals surface area contributed by atoms with Crippen LogP contribution in [0.15, 0.2) is 167 Å². The molecule has 0 N–H and O–H groups in total. The monoisotopic (exact) mass is 1630 g/mol. The van der Waals surface area contributed by atoms with Crippen LogP contribution < -0.4 is 4.90 Å². The lowest BCUT2D eigenvalue weighted by Gasteiger charge is -2.40. The third-order valence-electron chi connectivity index (χ3n) is 31.1. The molecule has 122 heavy (non-hydrogen) atoms. The second kappa shape index (κ2) is 42.6. The molecule has 0 spiro atoms. The van der Waals surface area contributed by atoms with Crippen LogP contribution in [0.1, 0.15) is 439 Å². The van der Waals surface area contributed by atoms with Crippen LogP contribution in [0.2, 0.25) is 0 Å². The highest BCUT2D eigenvalue weighted by atomic mass is 16.3. The molecule has 3 heteroatoms. The van der Waals surface area contributed by atoms with E-state index in [9.17, 15) is 0 Å². The van der Waals surface area contributed by atoms with E-state index in [0.717, 1.165) is 48.0 Å². The fourth-order valence-electron chi connectivity index (χ4n) is 24.8. The van der Waals surface area contributed by atoms with Crippen LogP contribution in [0.5, 0.6) is 0 Å². The lowest BCUT2D eigenvalue weighted by Crippen LogP contribution is -2.33. The van der Waals surface area contributed by atoms with Crippen molar-refractivity contribution >= 4 is 60.9 Å². The summed E-state index contributed by atoms with van der Waals surface area (Å²) in [5.41, 5.74) is 33.5. The summed E-state index contributed by atoms with van der Waals surface area (Å²) >= 11 is 0. The first-order chi connectivity index (χ1) is 60.2. The number of para-hydroxylation sites is 3. The lowest BCUT2D eigenvalue weighted by molar-refractivity contribution is 0.369. The Labute approximate surface area is 740 Å². The Kier molecular flexibility index (Phi) is 31.1. The Bertz CT molecular complexity index is 5160. The Balaban J connectivity index is 0.978. The van der Waals surface area contributed by atoms with Gasteiger partial charge in [0.25, 0.3) is 0 Å². The van der Waals surface area contributed by atoms with Crippen molar-refractivity contribution in [2.75, 3.05) is 4.90 Å². The quantitative estimate of drug-likeness (QED) is 0.0356. The molecule has 0 fully saturated rings. The highest BCUT2D eigenvalue weighted by Crippen LogP contribution is 2.69. The largest absolute Gasteiger partial charge is 0.456 e. The number of hydrogen-bond donors (Lipinski definition) is 0. The van der Waals surface area contributed by atoms with Crippen molar-refractivity contribution in [3.63, 3.8) is 0 Å². The molecule has 4 aliphatic carbocycles. The van der Waals surface area contributed by atoms with E-state index >= 15 is 0 Å². The highest BCUT2D eigenvalue weighted by Gasteiger charge is 2.55. The molecule has 4 aliphatic rings. The standard InChI is InChI=1S/C119H157NO2/c1-10-18-26-34-42-54-76-116(77-55-43-35-27-19-11-2)99-74-75-107-109(94-64-48-52-68-105(94)121-107)108(99)97-87-102-96(86-103(97)116)91-72-70-89(84-100(91)117(102,78-56-44-36-28-20-12-3)79-57-45-37-29-21-13-4)120(104-67-51-46-62-88(104)9)90-71-73-93-101(85-90)119(82-60-40-32-24-16-7,83-61-41-33-25-17-8)114-112(93)115-111(95-65-49-53-69-106(95)122-115)110-92-63-47-50-66-98(92)118(113(110)114,80-58-38-30-22-14-5)81-59-39-31-23-15-6/h46-53,62-75,84-87H,10-45,54-61,76-83H2,1-9H3. The van der Waals surface area contributed by atoms with Crippen molar-refractivity contribution in [2.24, 2.45) is 0 Å². The minimum Gasteiger partial charge on any atom is -0.456 e. The number of benzene rings is 9. The molecule has 2 heterocycles. The third-order valence-corrected chi connectivity index (χ3v) is 31.1. The molecule has 650 valence electrons. The van der Waals surface area contributed by atoms with E-state index in [4.69, 9.17) is 8.83 Å². The zero-order chi connectivity index (χ0) is 84.3. The van der Waals surface area contributed by atoms with Crippen LogP contribution >= 0.6 is 0 Å². The van der Waals surface area contributed by atoms with E-state index < -0.39 is 0 Å². The number of hydrogen-bond acceptors (Lipinski definition) is 3. The minimum absolute atomic E-state index is 0.106. The number of furan rings is 2. The maximum atomic E-state index is 7.78. The molecule has 3 nitrogen and oxygen atoms in total. The van der Waals surface area contributed by atoms with Crippen molar-refractivity contribution in [2.45, 2.75) is 418 Å². The van der Waals surface area contributed by atoms with Crippen molar-refractivity contribution in [1.29, 1.82) is 0 Å². The zero-order valence-corrected chi connectivity index (χ0v) is 78.0. The number of fused-ring (bicyclic) bond motifs is 22. The van der Waals surface area contributed by atoms with E-state index in [1.165, 1.54) is 397 Å². The van der Waals surface area contributed by atoms with Gasteiger partial charge in [0, 0.05) is 65.8 Å². The maximum Gasteiger partial charge on any atom is 0.144 e. The molecular weight excluding hydrogens is 1480 g/mol. The fraction of sp³-hybridized carbons (Fsp3) is 0.546. The van der Waals surface area contributed by atoms with Gasteiger partial charge >= 0.3 is 0 Å². The molecule has 9 aromatic carbocycles. The molecule has 0 amide bonds. The molecule has 0 unspecified atom stereocenters. The van der Waals surface area contributed by atoms with E-state index in [2.05, 4.69) is 225 Å². The van der Waals surface area contributed by atoms with Crippen LogP contribution in [0.25, 0.3) is 88.4 Å². The molecular formula is C119H157NO2. The number of anilines is 3. The van der Waals surface area contributed by atoms with Crippen LogP contribution in [-0.4, -0.2) is 0 Å². The number of unbranched alkanes of at least 4 members (excludes halogenated alkanes) is 36. The van der Waals surface area contributed by atoms with Crippen molar-refractivity contribution < 1.29 is 8.83 Å². The van der Waals surface area contributed by atoms with Gasteiger partial charge in [0.05, 0.1) is 0 Å². The Morgan fingerprint density at radius 1 is 0.238 bits per heavy atom. The van der Waals surface area contributed by atoms with Gasteiger partial charge in [0.1, 0.15) is 22.3 Å². The molecule has 0 atom stereocenters. The summed E-state index contributed by atoms with van der Waals surface area (Å²) in [4.78, 5) is 2.80. The van der Waals surface area contributed by atoms with Gasteiger partial charge in [-0.15, -0.1) is 0 Å². The predicted molar refractivity (Wildman–Crippen MR) is 531 cm³/mol. The lowest BCUT2D eigenvalue weighted by atomic mass is 9.62. The van der Waals surface area contributed by atoms with Crippen LogP contribution in [0.3, 0.4) is 0 Å². The summed E-state index contributed by atoms with van der Waals surface area (Å²) in [6.07, 6.45) is 65.9. The Morgan fingerprint density at radius 2 is 0.590 bits per heavy atom. The van der Waals surface area contributed by atoms with E-state index in [1.54, 1.807) is 44.5 Å². The summed E-state index contributed by atoms with van der Waals surface area (Å²) in [7, 11) is 0. The fourth-order valence-corrected chi connectivity index (χ4v) is 24.8. The molecule has 11 aromatic rings. The Hall–Kier alpha value is -7.62. The van der Waals surface area contributed by atoms with Gasteiger partial charge in [-0.2, -0.15) is 0 Å². The molecule has 0 saturated carbocycles. The van der Waals surface area contributed by atoms with Crippen molar-refractivity contribution in [3.05, 3.63) is 208 Å². The van der Waals surface area contributed by atoms with E-state index in [0.29, 0.717) is 0 Å². The van der Waals surface area contributed by atoms with E-state index in [-0.39, 0.29) is 21.7 Å². The highest BCUT2D eigenvalue weighted by molar-refractivity contribution is 6.21. The molecule has 0 saturated heterocycles. The third kappa shape index (κ3) is 17.9. The first-order valence-corrected chi connectivity index (χ1v) is 51.6. The predicted octanol–water partition coefficient (Wildman–Crippen LogP) is 38.8. The normalized spacial score (nSPS) is 14.6. The second-order valence-electron chi connectivity index (χ2n) is 39.4. The molecule has 0 bridgehead atoms. The van der Waals surface area contributed by atoms with Gasteiger partial charge in [-0.3, -0.25) is 0 Å². The molecule has 0 aliphatic heterocycles. The number of rotatable bonds is 55. The molecule has 0 radical (unpaired) electrons. The summed E-state index contributed by atoms with van der Waals surface area (Å²) in [6, 6.07) is 64.9. The number of nitrogens with zero attached hydrogens (tertiary/aromatic N) is 1. The SMILES string of the molecule is CCCCCCCCC1(CCCCCCCC)c2cc(N(c3ccc4c(c3)C(CCCCCCC)(CCCCCCC)c3c5c(c6c(oc7ccccc76)c3-4)-c3ccccc3C5(CCCCCCC)CCCCCCC)c3ccccc3C)ccc2-c2cc3c(cc21)-c1c(ccc2oc4ccccc4c12)C3(CCCCCCCC)CCCCCCCC. The van der Waals surface area contributed by atoms with Gasteiger partial charge in [-0.1, -0.05) is 435 Å². The summed E-state index contributed by atoms with van der Waals surface area (Å²) in [6.45, 7) is 21.5. The average Bonchev–Trinajstić information content (AvgIpc) is 1.50. The van der Waals surface area contributed by atoms with Crippen molar-refractivity contribution in [3.8, 4) is 44.5 Å². The van der Waals surface area contributed by atoms with Crippen LogP contribution in [-0.2, 0) is 21.7 Å². The first-order valence-electron chi connectivity index (χ1n) is 51.6.